The van der Waals surface area contributed by atoms with Gasteiger partial charge in [-0.15, -0.1) is 0 Å². The van der Waals surface area contributed by atoms with Crippen LogP contribution in [-0.4, -0.2) is 37.9 Å². The van der Waals surface area contributed by atoms with E-state index < -0.39 is 0 Å². The molecule has 0 aliphatic heterocycles. The number of anilines is 1. The molecule has 0 spiro atoms. The first-order valence-corrected chi connectivity index (χ1v) is 7.11. The number of benzene rings is 1. The quantitative estimate of drug-likeness (QED) is 0.566. The lowest BCUT2D eigenvalue weighted by atomic mass is 10.1. The average molecular weight is 293 g/mol. The molecule has 0 saturated heterocycles. The molecule has 0 radical (unpaired) electrons. The number of hydrogen-bond donors (Lipinski definition) is 3. The number of methoxy groups -OCH3 is 2. The van der Waals surface area contributed by atoms with Crippen molar-refractivity contribution < 1.29 is 14.6 Å². The Kier molecular flexibility index (Phi) is 5.27. The predicted molar refractivity (Wildman–Crippen MR) is 83.0 cm³/mol. The molecule has 1 aliphatic carbocycles. The second-order valence-electron chi connectivity index (χ2n) is 5.18. The number of aliphatic hydroxyl groups excluding tert-OH is 1. The summed E-state index contributed by atoms with van der Waals surface area (Å²) in [6.07, 6.45) is 2.68. The van der Waals surface area contributed by atoms with Crippen molar-refractivity contribution in [2.75, 3.05) is 26.1 Å². The Hall–Kier alpha value is -1.95. The molecule has 6 nitrogen and oxygen atoms in total. The molecular formula is C15H23N3O3. The summed E-state index contributed by atoms with van der Waals surface area (Å²) in [6.45, 7) is 0.549. The molecule has 0 aromatic heterocycles. The Bertz CT molecular complexity index is 505. The normalized spacial score (nSPS) is 22.1. The molecule has 0 amide bonds. The third-order valence-corrected chi connectivity index (χ3v) is 3.77. The van der Waals surface area contributed by atoms with Crippen LogP contribution in [0.15, 0.2) is 23.2 Å². The van der Waals surface area contributed by atoms with E-state index in [2.05, 4.69) is 10.3 Å². The molecule has 2 atom stereocenters. The first kappa shape index (κ1) is 15.4. The summed E-state index contributed by atoms with van der Waals surface area (Å²) in [6, 6.07) is 5.44. The molecule has 21 heavy (non-hydrogen) atoms. The lowest BCUT2D eigenvalue weighted by molar-refractivity contribution is 0.137. The van der Waals surface area contributed by atoms with E-state index in [4.69, 9.17) is 15.2 Å². The van der Waals surface area contributed by atoms with E-state index in [1.807, 2.05) is 6.07 Å². The van der Waals surface area contributed by atoms with Crippen molar-refractivity contribution in [1.29, 1.82) is 0 Å². The molecule has 2 rings (SSSR count). The summed E-state index contributed by atoms with van der Waals surface area (Å²) in [5.74, 6) is 1.84. The van der Waals surface area contributed by atoms with Crippen LogP contribution in [0.25, 0.3) is 0 Å². The van der Waals surface area contributed by atoms with E-state index in [-0.39, 0.29) is 12.0 Å². The fourth-order valence-corrected chi connectivity index (χ4v) is 2.55. The van der Waals surface area contributed by atoms with Gasteiger partial charge in [0.15, 0.2) is 17.5 Å². The fourth-order valence-electron chi connectivity index (χ4n) is 2.55. The molecular weight excluding hydrogens is 270 g/mol. The molecule has 116 valence electrons. The third kappa shape index (κ3) is 4.01. The van der Waals surface area contributed by atoms with Gasteiger partial charge in [0.25, 0.3) is 0 Å². The van der Waals surface area contributed by atoms with Gasteiger partial charge in [0, 0.05) is 24.2 Å². The van der Waals surface area contributed by atoms with Crippen molar-refractivity contribution in [3.63, 3.8) is 0 Å². The summed E-state index contributed by atoms with van der Waals surface area (Å²) >= 11 is 0. The monoisotopic (exact) mass is 293 g/mol. The highest BCUT2D eigenvalue weighted by molar-refractivity contribution is 5.92. The number of nitrogens with two attached hydrogens (primary N) is 1. The minimum Gasteiger partial charge on any atom is -0.493 e. The zero-order valence-electron chi connectivity index (χ0n) is 12.5. The van der Waals surface area contributed by atoms with Crippen LogP contribution in [0.5, 0.6) is 11.5 Å². The maximum absolute atomic E-state index is 9.76. The summed E-state index contributed by atoms with van der Waals surface area (Å²) in [4.78, 5) is 4.30. The molecule has 1 aliphatic rings. The van der Waals surface area contributed by atoms with Gasteiger partial charge in [0.05, 0.1) is 20.3 Å². The minimum atomic E-state index is -0.248. The van der Waals surface area contributed by atoms with Crippen molar-refractivity contribution in [2.45, 2.75) is 25.4 Å². The van der Waals surface area contributed by atoms with Crippen LogP contribution in [0.2, 0.25) is 0 Å². The first-order valence-electron chi connectivity index (χ1n) is 7.11. The molecule has 0 unspecified atom stereocenters. The summed E-state index contributed by atoms with van der Waals surface area (Å²) in [5.41, 5.74) is 6.66. The standard InChI is InChI=1S/C15H23N3O3/c1-20-13-7-6-11(8-14(13)21-2)18-15(16)17-9-10-4-3-5-12(10)19/h6-8,10,12,19H,3-5,9H2,1-2H3,(H3,16,17,18)/t10-,12+/m1/s1. The van der Waals surface area contributed by atoms with E-state index in [0.29, 0.717) is 24.0 Å². The van der Waals surface area contributed by atoms with Gasteiger partial charge in [0.2, 0.25) is 0 Å². The zero-order valence-corrected chi connectivity index (χ0v) is 12.5. The van der Waals surface area contributed by atoms with Crippen LogP contribution in [-0.2, 0) is 0 Å². The highest BCUT2D eigenvalue weighted by Gasteiger charge is 2.24. The Morgan fingerprint density at radius 2 is 2.10 bits per heavy atom. The Labute approximate surface area is 125 Å². The summed E-state index contributed by atoms with van der Waals surface area (Å²) in [5, 5.41) is 12.8. The van der Waals surface area contributed by atoms with Crippen LogP contribution in [0.4, 0.5) is 5.69 Å². The van der Waals surface area contributed by atoms with Gasteiger partial charge in [-0.05, 0) is 25.0 Å². The first-order chi connectivity index (χ1) is 10.1. The largest absolute Gasteiger partial charge is 0.493 e. The fraction of sp³-hybridized carbons (Fsp3) is 0.533. The van der Waals surface area contributed by atoms with Crippen molar-refractivity contribution in [2.24, 2.45) is 16.6 Å². The molecule has 1 aromatic rings. The molecule has 1 saturated carbocycles. The SMILES string of the molecule is COc1ccc(NC(N)=NC[C@H]2CCC[C@@H]2O)cc1OC. The predicted octanol–water partition coefficient (Wildman–Crippen LogP) is 1.59. The number of rotatable bonds is 5. The van der Waals surface area contributed by atoms with Crippen LogP contribution in [0, 0.1) is 5.92 Å². The zero-order chi connectivity index (χ0) is 15.2. The van der Waals surface area contributed by atoms with E-state index in [1.165, 1.54) is 0 Å². The Morgan fingerprint density at radius 3 is 2.71 bits per heavy atom. The number of aliphatic hydroxyl groups is 1. The molecule has 1 aromatic carbocycles. The number of aliphatic imine (C=N–C) groups is 1. The van der Waals surface area contributed by atoms with Crippen LogP contribution in [0.1, 0.15) is 19.3 Å². The highest BCUT2D eigenvalue weighted by atomic mass is 16.5. The summed E-state index contributed by atoms with van der Waals surface area (Å²) in [7, 11) is 3.17. The van der Waals surface area contributed by atoms with Crippen molar-refractivity contribution in [1.82, 2.24) is 0 Å². The lowest BCUT2D eigenvalue weighted by Gasteiger charge is -2.13. The number of hydrogen-bond acceptors (Lipinski definition) is 4. The average Bonchev–Trinajstić information content (AvgIpc) is 2.90. The molecule has 6 heteroatoms. The van der Waals surface area contributed by atoms with E-state index in [0.717, 1.165) is 24.9 Å². The van der Waals surface area contributed by atoms with Crippen LogP contribution >= 0.6 is 0 Å². The third-order valence-electron chi connectivity index (χ3n) is 3.77. The van der Waals surface area contributed by atoms with E-state index in [9.17, 15) is 5.11 Å². The van der Waals surface area contributed by atoms with Crippen molar-refractivity contribution in [3.05, 3.63) is 18.2 Å². The van der Waals surface area contributed by atoms with E-state index in [1.54, 1.807) is 26.4 Å². The van der Waals surface area contributed by atoms with Crippen LogP contribution < -0.4 is 20.5 Å². The molecule has 4 N–H and O–H groups in total. The number of guanidine groups is 1. The number of ether oxygens (including phenoxy) is 2. The van der Waals surface area contributed by atoms with Gasteiger partial charge >= 0.3 is 0 Å². The minimum absolute atomic E-state index is 0.218. The molecule has 0 bridgehead atoms. The van der Waals surface area contributed by atoms with E-state index >= 15 is 0 Å². The topological polar surface area (TPSA) is 89.1 Å². The summed E-state index contributed by atoms with van der Waals surface area (Å²) < 4.78 is 10.4. The van der Waals surface area contributed by atoms with Crippen molar-refractivity contribution >= 4 is 11.6 Å². The van der Waals surface area contributed by atoms with Crippen molar-refractivity contribution in [3.8, 4) is 11.5 Å². The maximum atomic E-state index is 9.76. The van der Waals surface area contributed by atoms with Gasteiger partial charge in [0.1, 0.15) is 0 Å². The van der Waals surface area contributed by atoms with Crippen LogP contribution in [0.3, 0.4) is 0 Å². The number of nitrogens with one attached hydrogen (secondary N) is 1. The molecule has 1 fully saturated rings. The van der Waals surface area contributed by atoms with Gasteiger partial charge in [-0.1, -0.05) is 6.42 Å². The lowest BCUT2D eigenvalue weighted by Crippen LogP contribution is -2.25. The second kappa shape index (κ2) is 7.17. The Balaban J connectivity index is 1.96. The smallest absolute Gasteiger partial charge is 0.193 e. The Morgan fingerprint density at radius 1 is 1.33 bits per heavy atom. The number of nitrogens with zero attached hydrogens (tertiary/aromatic N) is 1. The van der Waals surface area contributed by atoms with Gasteiger partial charge < -0.3 is 25.6 Å². The highest BCUT2D eigenvalue weighted by Crippen LogP contribution is 2.29. The van der Waals surface area contributed by atoms with Gasteiger partial charge in [-0.25, -0.2) is 0 Å². The van der Waals surface area contributed by atoms with Gasteiger partial charge in [-0.2, -0.15) is 0 Å². The van der Waals surface area contributed by atoms with Gasteiger partial charge in [-0.3, -0.25) is 4.99 Å². The molecule has 0 heterocycles. The maximum Gasteiger partial charge on any atom is 0.193 e. The second-order valence-corrected chi connectivity index (χ2v) is 5.18.